The van der Waals surface area contributed by atoms with E-state index in [1.54, 1.807) is 11.8 Å². The van der Waals surface area contributed by atoms with E-state index in [4.69, 9.17) is 4.74 Å². The zero-order valence-electron chi connectivity index (χ0n) is 15.5. The topological polar surface area (TPSA) is 61.9 Å². The van der Waals surface area contributed by atoms with E-state index in [0.717, 1.165) is 38.8 Å². The molecule has 2 amide bonds. The van der Waals surface area contributed by atoms with Gasteiger partial charge in [-0.15, -0.1) is 0 Å². The number of hydrogen-bond donors (Lipinski definition) is 1. The Hall–Kier alpha value is -2.24. The van der Waals surface area contributed by atoms with Crippen LogP contribution in [0.3, 0.4) is 0 Å². The van der Waals surface area contributed by atoms with E-state index >= 15 is 0 Å². The van der Waals surface area contributed by atoms with Gasteiger partial charge in [0.25, 0.3) is 0 Å². The van der Waals surface area contributed by atoms with Crippen molar-refractivity contribution in [3.63, 3.8) is 0 Å². The fraction of sp³-hybridized carbons (Fsp3) is 0.600. The van der Waals surface area contributed by atoms with Crippen molar-refractivity contribution in [2.24, 2.45) is 5.92 Å². The van der Waals surface area contributed by atoms with Crippen molar-refractivity contribution in [3.05, 3.63) is 30.3 Å². The number of carbonyl (C=O) groups is 2. The summed E-state index contributed by atoms with van der Waals surface area (Å²) in [6.45, 7) is 5.22. The number of carbonyl (C=O) groups excluding carboxylic acids is 2. The van der Waals surface area contributed by atoms with Crippen LogP contribution in [0.25, 0.3) is 0 Å². The zero-order chi connectivity index (χ0) is 18.4. The maximum absolute atomic E-state index is 12.6. The molecular weight excluding hydrogens is 330 g/mol. The molecule has 0 bridgehead atoms. The number of nitrogens with zero attached hydrogens (tertiary/aromatic N) is 2. The molecule has 0 saturated carbocycles. The van der Waals surface area contributed by atoms with E-state index in [9.17, 15) is 9.59 Å². The van der Waals surface area contributed by atoms with Gasteiger partial charge >= 0.3 is 6.09 Å². The van der Waals surface area contributed by atoms with Crippen LogP contribution in [0, 0.1) is 5.92 Å². The predicted molar refractivity (Wildman–Crippen MR) is 101 cm³/mol. The van der Waals surface area contributed by atoms with Gasteiger partial charge in [0, 0.05) is 37.9 Å². The molecule has 2 saturated heterocycles. The Morgan fingerprint density at radius 3 is 2.54 bits per heavy atom. The van der Waals surface area contributed by atoms with Crippen LogP contribution in [0.15, 0.2) is 30.3 Å². The van der Waals surface area contributed by atoms with Crippen molar-refractivity contribution in [1.82, 2.24) is 10.2 Å². The number of piperidine rings is 2. The van der Waals surface area contributed by atoms with Crippen molar-refractivity contribution in [1.29, 1.82) is 0 Å². The maximum Gasteiger partial charge on any atom is 0.409 e. The molecule has 26 heavy (non-hydrogen) atoms. The molecule has 1 aromatic carbocycles. The average molecular weight is 359 g/mol. The van der Waals surface area contributed by atoms with E-state index in [-0.39, 0.29) is 24.0 Å². The molecule has 6 heteroatoms. The van der Waals surface area contributed by atoms with Crippen LogP contribution < -0.4 is 10.2 Å². The highest BCUT2D eigenvalue weighted by molar-refractivity contribution is 5.80. The number of hydrogen-bond acceptors (Lipinski definition) is 4. The molecule has 2 fully saturated rings. The second kappa shape index (κ2) is 8.92. The largest absolute Gasteiger partial charge is 0.450 e. The summed E-state index contributed by atoms with van der Waals surface area (Å²) in [7, 11) is 0. The average Bonchev–Trinajstić information content (AvgIpc) is 2.69. The minimum Gasteiger partial charge on any atom is -0.450 e. The minimum absolute atomic E-state index is 0.0807. The molecule has 0 radical (unpaired) electrons. The highest BCUT2D eigenvalue weighted by Crippen LogP contribution is 2.21. The Morgan fingerprint density at radius 1 is 1.12 bits per heavy atom. The first-order valence-corrected chi connectivity index (χ1v) is 9.69. The molecule has 1 unspecified atom stereocenters. The first-order valence-electron chi connectivity index (χ1n) is 9.69. The molecule has 6 nitrogen and oxygen atoms in total. The Labute approximate surface area is 155 Å². The predicted octanol–water partition coefficient (Wildman–Crippen LogP) is 2.64. The van der Waals surface area contributed by atoms with Crippen LogP contribution >= 0.6 is 0 Å². The van der Waals surface area contributed by atoms with Crippen LogP contribution in [0.1, 0.15) is 32.6 Å². The van der Waals surface area contributed by atoms with Gasteiger partial charge in [-0.25, -0.2) is 4.79 Å². The summed E-state index contributed by atoms with van der Waals surface area (Å²) < 4.78 is 5.06. The second-order valence-electron chi connectivity index (χ2n) is 7.09. The lowest BCUT2D eigenvalue weighted by Gasteiger charge is -2.36. The summed E-state index contributed by atoms with van der Waals surface area (Å²) in [4.78, 5) is 28.6. The second-order valence-corrected chi connectivity index (χ2v) is 7.09. The first-order chi connectivity index (χ1) is 12.7. The number of para-hydroxylation sites is 1. The Morgan fingerprint density at radius 2 is 1.85 bits per heavy atom. The fourth-order valence-corrected chi connectivity index (χ4v) is 3.81. The number of nitrogens with one attached hydrogen (secondary N) is 1. The quantitative estimate of drug-likeness (QED) is 0.898. The van der Waals surface area contributed by atoms with Crippen LogP contribution in [0.4, 0.5) is 10.5 Å². The van der Waals surface area contributed by atoms with Crippen LogP contribution in [0.2, 0.25) is 0 Å². The molecule has 0 aromatic heterocycles. The normalized spacial score (nSPS) is 21.3. The highest BCUT2D eigenvalue weighted by atomic mass is 16.6. The molecule has 3 rings (SSSR count). The van der Waals surface area contributed by atoms with E-state index in [2.05, 4.69) is 34.5 Å². The molecule has 1 atom stereocenters. The van der Waals surface area contributed by atoms with Crippen molar-refractivity contribution in [2.45, 2.75) is 38.6 Å². The highest BCUT2D eigenvalue weighted by Gasteiger charge is 2.30. The summed E-state index contributed by atoms with van der Waals surface area (Å²) in [5.74, 6) is -0.0440. The van der Waals surface area contributed by atoms with Gasteiger partial charge in [-0.05, 0) is 44.7 Å². The summed E-state index contributed by atoms with van der Waals surface area (Å²) in [6, 6.07) is 10.6. The smallest absolute Gasteiger partial charge is 0.409 e. The molecule has 1 N–H and O–H groups in total. The number of likely N-dealkylation sites (tertiary alicyclic amines) is 1. The first kappa shape index (κ1) is 18.5. The lowest BCUT2D eigenvalue weighted by Crippen LogP contribution is -2.50. The molecule has 1 aromatic rings. The molecule has 2 aliphatic rings. The summed E-state index contributed by atoms with van der Waals surface area (Å²) in [6.07, 6.45) is 3.29. The monoisotopic (exact) mass is 359 g/mol. The summed E-state index contributed by atoms with van der Waals surface area (Å²) in [5, 5.41) is 3.21. The maximum atomic E-state index is 12.6. The van der Waals surface area contributed by atoms with E-state index in [1.807, 2.05) is 6.07 Å². The van der Waals surface area contributed by atoms with Gasteiger partial charge in [-0.3, -0.25) is 4.79 Å². The van der Waals surface area contributed by atoms with Crippen molar-refractivity contribution >= 4 is 17.7 Å². The van der Waals surface area contributed by atoms with E-state index < -0.39 is 0 Å². The Bertz CT molecular complexity index is 600. The van der Waals surface area contributed by atoms with Crippen LogP contribution in [-0.2, 0) is 9.53 Å². The minimum atomic E-state index is -0.304. The zero-order valence-corrected chi connectivity index (χ0v) is 15.5. The summed E-state index contributed by atoms with van der Waals surface area (Å²) in [5.41, 5.74) is 1.25. The van der Waals surface area contributed by atoms with E-state index in [0.29, 0.717) is 19.7 Å². The van der Waals surface area contributed by atoms with Crippen molar-refractivity contribution in [3.8, 4) is 0 Å². The lowest BCUT2D eigenvalue weighted by molar-refractivity contribution is -0.127. The number of rotatable bonds is 4. The molecule has 2 aliphatic heterocycles. The van der Waals surface area contributed by atoms with E-state index in [1.165, 1.54) is 5.69 Å². The molecule has 0 spiro atoms. The van der Waals surface area contributed by atoms with Gasteiger partial charge in [0.05, 0.1) is 12.5 Å². The SMILES string of the molecule is CCOC(=O)N1CCCC(C(=O)NC2CCN(c3ccccc3)CC2)C1. The number of anilines is 1. The summed E-state index contributed by atoms with van der Waals surface area (Å²) >= 11 is 0. The number of benzene rings is 1. The third-order valence-electron chi connectivity index (χ3n) is 5.28. The molecule has 2 heterocycles. The number of amides is 2. The molecular formula is C20H29N3O3. The van der Waals surface area contributed by atoms with Gasteiger partial charge in [0.15, 0.2) is 0 Å². The standard InChI is InChI=1S/C20H29N3O3/c1-2-26-20(25)23-12-6-7-16(15-23)19(24)21-17-10-13-22(14-11-17)18-8-4-3-5-9-18/h3-5,8-9,16-17H,2,6-7,10-15H2,1H3,(H,21,24). The lowest BCUT2D eigenvalue weighted by atomic mass is 9.96. The van der Waals surface area contributed by atoms with Crippen molar-refractivity contribution in [2.75, 3.05) is 37.7 Å². The van der Waals surface area contributed by atoms with Gasteiger partial charge in [-0.2, -0.15) is 0 Å². The van der Waals surface area contributed by atoms with Gasteiger partial charge in [0.2, 0.25) is 5.91 Å². The van der Waals surface area contributed by atoms with Crippen molar-refractivity contribution < 1.29 is 14.3 Å². The van der Waals surface area contributed by atoms with Crippen LogP contribution in [0.5, 0.6) is 0 Å². The van der Waals surface area contributed by atoms with Gasteiger partial charge in [0.1, 0.15) is 0 Å². The van der Waals surface area contributed by atoms with Gasteiger partial charge in [-0.1, -0.05) is 18.2 Å². The fourth-order valence-electron chi connectivity index (χ4n) is 3.81. The molecule has 142 valence electrons. The number of ether oxygens (including phenoxy) is 1. The Balaban J connectivity index is 1.46. The molecule has 0 aliphatic carbocycles. The van der Waals surface area contributed by atoms with Crippen LogP contribution in [-0.4, -0.2) is 55.7 Å². The third-order valence-corrected chi connectivity index (χ3v) is 5.28. The van der Waals surface area contributed by atoms with Gasteiger partial charge < -0.3 is 19.9 Å². The Kier molecular flexibility index (Phi) is 6.36. The third kappa shape index (κ3) is 4.68.